The number of rotatable bonds is 5. The van der Waals surface area contributed by atoms with Gasteiger partial charge in [0, 0.05) is 32.6 Å². The molecule has 2 aliphatic rings. The molecule has 158 valence electrons. The first kappa shape index (κ1) is 20.0. The molecule has 1 aromatic carbocycles. The average Bonchev–Trinajstić information content (AvgIpc) is 3.45. The van der Waals surface area contributed by atoms with Crippen molar-refractivity contribution in [3.63, 3.8) is 0 Å². The number of hydrazone groups is 1. The fourth-order valence-electron chi connectivity index (χ4n) is 3.83. The van der Waals surface area contributed by atoms with Crippen LogP contribution in [0.15, 0.2) is 41.6 Å². The van der Waals surface area contributed by atoms with Crippen LogP contribution in [0.3, 0.4) is 0 Å². The lowest BCUT2D eigenvalue weighted by atomic mass is 10.00. The highest BCUT2D eigenvalue weighted by atomic mass is 16.7. The lowest BCUT2D eigenvalue weighted by molar-refractivity contribution is -0.142. The van der Waals surface area contributed by atoms with Crippen LogP contribution in [0.2, 0.25) is 0 Å². The van der Waals surface area contributed by atoms with Gasteiger partial charge in [-0.1, -0.05) is 19.9 Å². The fourth-order valence-corrected chi connectivity index (χ4v) is 3.83. The standard InChI is InChI=1S/C22H26N4O4/c1-14(2)22(28)25(4)12-21(27)26-18(11-16(23-26)17-6-5-9-24(17)3)15-7-8-19-20(10-15)30-13-29-19/h5-10,14,18H,11-13H2,1-4H3. The van der Waals surface area contributed by atoms with Crippen LogP contribution < -0.4 is 9.47 Å². The zero-order chi connectivity index (χ0) is 21.4. The van der Waals surface area contributed by atoms with Crippen molar-refractivity contribution in [2.75, 3.05) is 20.4 Å². The summed E-state index contributed by atoms with van der Waals surface area (Å²) in [5.41, 5.74) is 2.71. The first-order chi connectivity index (χ1) is 14.3. The molecule has 4 rings (SSSR count). The second-order valence-corrected chi connectivity index (χ2v) is 7.97. The van der Waals surface area contributed by atoms with Gasteiger partial charge < -0.3 is 18.9 Å². The van der Waals surface area contributed by atoms with Crippen LogP contribution in [0.25, 0.3) is 0 Å². The van der Waals surface area contributed by atoms with Crippen LogP contribution in [0.5, 0.6) is 11.5 Å². The third-order valence-corrected chi connectivity index (χ3v) is 5.43. The molecule has 0 N–H and O–H groups in total. The molecular formula is C22H26N4O4. The molecular weight excluding hydrogens is 384 g/mol. The molecule has 0 aliphatic carbocycles. The summed E-state index contributed by atoms with van der Waals surface area (Å²) in [4.78, 5) is 26.9. The molecule has 3 heterocycles. The molecule has 1 atom stereocenters. The molecule has 2 aromatic rings. The zero-order valence-electron chi connectivity index (χ0n) is 17.7. The Morgan fingerprint density at radius 1 is 1.23 bits per heavy atom. The minimum absolute atomic E-state index is 0.0258. The molecule has 0 saturated heterocycles. The number of amides is 2. The van der Waals surface area contributed by atoms with Gasteiger partial charge in [-0.15, -0.1) is 0 Å². The van der Waals surface area contributed by atoms with E-state index in [0.29, 0.717) is 17.9 Å². The van der Waals surface area contributed by atoms with E-state index in [9.17, 15) is 9.59 Å². The van der Waals surface area contributed by atoms with E-state index in [0.717, 1.165) is 17.0 Å². The maximum atomic E-state index is 13.2. The monoisotopic (exact) mass is 410 g/mol. The van der Waals surface area contributed by atoms with E-state index >= 15 is 0 Å². The lowest BCUT2D eigenvalue weighted by Gasteiger charge is -2.25. The van der Waals surface area contributed by atoms with Crippen molar-refractivity contribution in [2.24, 2.45) is 18.1 Å². The zero-order valence-corrected chi connectivity index (χ0v) is 17.7. The van der Waals surface area contributed by atoms with Gasteiger partial charge in [-0.25, -0.2) is 5.01 Å². The Hall–Kier alpha value is -3.29. The highest BCUT2D eigenvalue weighted by Gasteiger charge is 2.35. The minimum Gasteiger partial charge on any atom is -0.454 e. The summed E-state index contributed by atoms with van der Waals surface area (Å²) >= 11 is 0. The van der Waals surface area contributed by atoms with Gasteiger partial charge in [0.2, 0.25) is 12.7 Å². The molecule has 0 saturated carbocycles. The van der Waals surface area contributed by atoms with E-state index in [1.165, 1.54) is 9.91 Å². The third-order valence-electron chi connectivity index (χ3n) is 5.43. The molecule has 30 heavy (non-hydrogen) atoms. The third kappa shape index (κ3) is 3.65. The molecule has 2 aliphatic heterocycles. The Kier molecular flexibility index (Phi) is 5.24. The number of fused-ring (bicyclic) bond motifs is 1. The number of aromatic nitrogens is 1. The second-order valence-electron chi connectivity index (χ2n) is 7.97. The number of carbonyl (C=O) groups excluding carboxylic acids is 2. The Labute approximate surface area is 175 Å². The van der Waals surface area contributed by atoms with Crippen molar-refractivity contribution < 1.29 is 19.1 Å². The number of hydrogen-bond acceptors (Lipinski definition) is 5. The second kappa shape index (κ2) is 7.85. The first-order valence-electron chi connectivity index (χ1n) is 10.0. The van der Waals surface area contributed by atoms with Gasteiger partial charge in [0.05, 0.1) is 17.4 Å². The molecule has 1 unspecified atom stereocenters. The van der Waals surface area contributed by atoms with Gasteiger partial charge in [-0.2, -0.15) is 5.10 Å². The van der Waals surface area contributed by atoms with E-state index in [1.54, 1.807) is 7.05 Å². The van der Waals surface area contributed by atoms with Crippen molar-refractivity contribution in [1.82, 2.24) is 14.5 Å². The number of aryl methyl sites for hydroxylation is 1. The van der Waals surface area contributed by atoms with Crippen LogP contribution in [-0.2, 0) is 16.6 Å². The van der Waals surface area contributed by atoms with Gasteiger partial charge in [-0.3, -0.25) is 9.59 Å². The smallest absolute Gasteiger partial charge is 0.262 e. The normalized spacial score (nSPS) is 17.4. The summed E-state index contributed by atoms with van der Waals surface area (Å²) in [6.07, 6.45) is 2.53. The van der Waals surface area contributed by atoms with Crippen molar-refractivity contribution >= 4 is 17.5 Å². The van der Waals surface area contributed by atoms with E-state index in [1.807, 2.05) is 62.0 Å². The van der Waals surface area contributed by atoms with Gasteiger partial charge in [0.15, 0.2) is 11.5 Å². The topological polar surface area (TPSA) is 76.4 Å². The number of likely N-dealkylation sites (N-methyl/N-ethyl adjacent to an activating group) is 1. The predicted molar refractivity (Wildman–Crippen MR) is 111 cm³/mol. The van der Waals surface area contributed by atoms with Crippen LogP contribution in [0.4, 0.5) is 0 Å². The van der Waals surface area contributed by atoms with Crippen molar-refractivity contribution in [3.05, 3.63) is 47.8 Å². The van der Waals surface area contributed by atoms with Crippen LogP contribution >= 0.6 is 0 Å². The summed E-state index contributed by atoms with van der Waals surface area (Å²) in [5.74, 6) is 0.889. The van der Waals surface area contributed by atoms with Gasteiger partial charge >= 0.3 is 0 Å². The molecule has 8 heteroatoms. The highest BCUT2D eigenvalue weighted by Crippen LogP contribution is 2.39. The first-order valence-corrected chi connectivity index (χ1v) is 10.0. The highest BCUT2D eigenvalue weighted by molar-refractivity contribution is 6.02. The number of nitrogens with zero attached hydrogens (tertiary/aromatic N) is 4. The number of benzene rings is 1. The Bertz CT molecular complexity index is 1010. The van der Waals surface area contributed by atoms with Crippen molar-refractivity contribution in [2.45, 2.75) is 26.3 Å². The number of hydrogen-bond donors (Lipinski definition) is 0. The molecule has 0 fully saturated rings. The van der Waals surface area contributed by atoms with Gasteiger partial charge in [0.25, 0.3) is 5.91 Å². The Morgan fingerprint density at radius 3 is 2.70 bits per heavy atom. The Balaban J connectivity index is 1.63. The van der Waals surface area contributed by atoms with E-state index in [2.05, 4.69) is 5.10 Å². The molecule has 0 bridgehead atoms. The minimum atomic E-state index is -0.278. The molecule has 2 amide bonds. The summed E-state index contributed by atoms with van der Waals surface area (Å²) in [6.45, 7) is 3.81. The lowest BCUT2D eigenvalue weighted by Crippen LogP contribution is -2.40. The predicted octanol–water partition coefficient (Wildman–Crippen LogP) is 2.55. The quantitative estimate of drug-likeness (QED) is 0.759. The van der Waals surface area contributed by atoms with Crippen LogP contribution in [0, 0.1) is 5.92 Å². The van der Waals surface area contributed by atoms with Crippen LogP contribution in [-0.4, -0.2) is 52.4 Å². The van der Waals surface area contributed by atoms with Crippen molar-refractivity contribution in [3.8, 4) is 11.5 Å². The SMILES string of the molecule is CC(C)C(=O)N(C)CC(=O)N1N=C(c2cccn2C)CC1c1ccc2c(c1)OCO2. The Morgan fingerprint density at radius 2 is 2.00 bits per heavy atom. The van der Waals surface area contributed by atoms with E-state index in [4.69, 9.17) is 9.47 Å². The maximum absolute atomic E-state index is 13.2. The largest absolute Gasteiger partial charge is 0.454 e. The molecule has 0 radical (unpaired) electrons. The molecule has 8 nitrogen and oxygen atoms in total. The van der Waals surface area contributed by atoms with Crippen LogP contribution in [0.1, 0.15) is 37.6 Å². The maximum Gasteiger partial charge on any atom is 0.262 e. The van der Waals surface area contributed by atoms with E-state index in [-0.39, 0.29) is 37.1 Å². The average molecular weight is 410 g/mol. The van der Waals surface area contributed by atoms with E-state index < -0.39 is 0 Å². The van der Waals surface area contributed by atoms with Gasteiger partial charge in [-0.05, 0) is 29.8 Å². The summed E-state index contributed by atoms with van der Waals surface area (Å²) < 4.78 is 12.9. The summed E-state index contributed by atoms with van der Waals surface area (Å²) in [5, 5.41) is 6.17. The fraction of sp³-hybridized carbons (Fsp3) is 0.409. The summed E-state index contributed by atoms with van der Waals surface area (Å²) in [6, 6.07) is 9.35. The molecule has 0 spiro atoms. The number of ether oxygens (including phenoxy) is 2. The molecule has 1 aromatic heterocycles. The van der Waals surface area contributed by atoms with Crippen molar-refractivity contribution in [1.29, 1.82) is 0 Å². The summed E-state index contributed by atoms with van der Waals surface area (Å²) in [7, 11) is 3.60. The number of carbonyl (C=O) groups is 2. The van der Waals surface area contributed by atoms with Gasteiger partial charge in [0.1, 0.15) is 6.54 Å².